The maximum atomic E-state index is 9.78. The number of aliphatic hydroxyl groups excluding tert-OH is 1. The average molecular weight is 292 g/mol. The first-order chi connectivity index (χ1) is 10.1. The molecule has 1 aromatic rings. The van der Waals surface area contributed by atoms with Crippen LogP contribution in [0.15, 0.2) is 6.07 Å². The van der Waals surface area contributed by atoms with Crippen molar-refractivity contribution < 1.29 is 5.11 Å². The van der Waals surface area contributed by atoms with Gasteiger partial charge in [-0.3, -0.25) is 0 Å². The van der Waals surface area contributed by atoms with Gasteiger partial charge in [0.05, 0.1) is 6.61 Å². The molecule has 0 saturated heterocycles. The van der Waals surface area contributed by atoms with Crippen molar-refractivity contribution >= 4 is 11.6 Å². The van der Waals surface area contributed by atoms with E-state index in [4.69, 9.17) is 0 Å². The van der Waals surface area contributed by atoms with Gasteiger partial charge < -0.3 is 15.7 Å². The first kappa shape index (κ1) is 16.0. The summed E-state index contributed by atoms with van der Waals surface area (Å²) in [6.45, 7) is 5.21. The molecule has 1 aliphatic carbocycles. The second-order valence-corrected chi connectivity index (χ2v) is 6.47. The van der Waals surface area contributed by atoms with Crippen LogP contribution in [-0.2, 0) is 0 Å². The molecule has 3 N–H and O–H groups in total. The Hall–Kier alpha value is -1.36. The van der Waals surface area contributed by atoms with Crippen LogP contribution in [0.3, 0.4) is 0 Å². The van der Waals surface area contributed by atoms with Crippen molar-refractivity contribution in [2.75, 3.05) is 30.8 Å². The van der Waals surface area contributed by atoms with Gasteiger partial charge in [0.1, 0.15) is 17.5 Å². The van der Waals surface area contributed by atoms with Gasteiger partial charge in [0.15, 0.2) is 0 Å². The number of aromatic nitrogens is 2. The molecule has 0 unspecified atom stereocenters. The van der Waals surface area contributed by atoms with Crippen LogP contribution in [-0.4, -0.2) is 35.3 Å². The number of aliphatic hydroxyl groups is 1. The Balaban J connectivity index is 2.09. The molecule has 21 heavy (non-hydrogen) atoms. The van der Waals surface area contributed by atoms with Crippen LogP contribution in [0, 0.1) is 5.41 Å². The van der Waals surface area contributed by atoms with Gasteiger partial charge in [-0.25, -0.2) is 9.97 Å². The first-order valence-corrected chi connectivity index (χ1v) is 8.00. The van der Waals surface area contributed by atoms with E-state index in [9.17, 15) is 5.11 Å². The van der Waals surface area contributed by atoms with Crippen molar-refractivity contribution in [1.29, 1.82) is 0 Å². The molecule has 5 heteroatoms. The van der Waals surface area contributed by atoms with Gasteiger partial charge in [0.25, 0.3) is 0 Å². The second kappa shape index (κ2) is 7.07. The Morgan fingerprint density at radius 3 is 2.43 bits per heavy atom. The maximum absolute atomic E-state index is 9.78. The number of anilines is 2. The first-order valence-electron chi connectivity index (χ1n) is 8.00. The molecule has 0 spiro atoms. The lowest BCUT2D eigenvalue weighted by Gasteiger charge is -2.35. The Labute approximate surface area is 127 Å². The highest BCUT2D eigenvalue weighted by Gasteiger charge is 2.31. The predicted octanol–water partition coefficient (Wildman–Crippen LogP) is 3.00. The van der Waals surface area contributed by atoms with Crippen LogP contribution >= 0.6 is 0 Å². The average Bonchev–Trinajstić information content (AvgIpc) is 2.53. The van der Waals surface area contributed by atoms with Crippen molar-refractivity contribution in [2.45, 2.75) is 51.9 Å². The molecule has 5 nitrogen and oxygen atoms in total. The maximum Gasteiger partial charge on any atom is 0.135 e. The fourth-order valence-electron chi connectivity index (χ4n) is 2.91. The van der Waals surface area contributed by atoms with Gasteiger partial charge in [-0.1, -0.05) is 33.1 Å². The fraction of sp³-hybridized carbons (Fsp3) is 0.750. The van der Waals surface area contributed by atoms with Gasteiger partial charge in [-0.2, -0.15) is 0 Å². The zero-order valence-corrected chi connectivity index (χ0v) is 13.4. The molecule has 118 valence electrons. The summed E-state index contributed by atoms with van der Waals surface area (Å²) >= 11 is 0. The quantitative estimate of drug-likeness (QED) is 0.752. The van der Waals surface area contributed by atoms with Crippen molar-refractivity contribution in [1.82, 2.24) is 9.97 Å². The minimum Gasteiger partial charge on any atom is -0.396 e. The van der Waals surface area contributed by atoms with Crippen LogP contribution in [0.5, 0.6) is 0 Å². The van der Waals surface area contributed by atoms with Gasteiger partial charge in [0, 0.05) is 31.0 Å². The monoisotopic (exact) mass is 292 g/mol. The molecule has 0 radical (unpaired) electrons. The molecule has 0 aliphatic heterocycles. The van der Waals surface area contributed by atoms with Crippen molar-refractivity contribution in [3.63, 3.8) is 0 Å². The predicted molar refractivity (Wildman–Crippen MR) is 86.8 cm³/mol. The largest absolute Gasteiger partial charge is 0.396 e. The lowest BCUT2D eigenvalue weighted by atomic mass is 9.74. The highest BCUT2D eigenvalue weighted by atomic mass is 16.3. The van der Waals surface area contributed by atoms with Crippen molar-refractivity contribution in [3.05, 3.63) is 11.9 Å². The highest BCUT2D eigenvalue weighted by molar-refractivity contribution is 5.47. The summed E-state index contributed by atoms with van der Waals surface area (Å²) in [4.78, 5) is 9.06. The van der Waals surface area contributed by atoms with Gasteiger partial charge in [-0.15, -0.1) is 0 Å². The zero-order chi connectivity index (χ0) is 15.3. The van der Waals surface area contributed by atoms with E-state index in [1.165, 1.54) is 19.3 Å². The summed E-state index contributed by atoms with van der Waals surface area (Å²) < 4.78 is 0. The standard InChI is InChI=1S/C16H28N4O/c1-12(2)15-19-13(17-3)9-14(20-15)18-10-16(11-21)7-5-4-6-8-16/h9,12,21H,4-8,10-11H2,1-3H3,(H2,17,18,19,20). The summed E-state index contributed by atoms with van der Waals surface area (Å²) in [6, 6.07) is 1.93. The SMILES string of the molecule is CNc1cc(NCC2(CO)CCCCC2)nc(C(C)C)n1. The molecule has 1 saturated carbocycles. The molecular weight excluding hydrogens is 264 g/mol. The molecule has 1 aliphatic rings. The van der Waals surface area contributed by atoms with Crippen molar-refractivity contribution in [2.24, 2.45) is 5.41 Å². The highest BCUT2D eigenvalue weighted by Crippen LogP contribution is 2.36. The summed E-state index contributed by atoms with van der Waals surface area (Å²) in [7, 11) is 1.87. The molecule has 0 atom stereocenters. The van der Waals surface area contributed by atoms with Gasteiger partial charge in [0.2, 0.25) is 0 Å². The summed E-state index contributed by atoms with van der Waals surface area (Å²) in [5.74, 6) is 2.81. The summed E-state index contributed by atoms with van der Waals surface area (Å²) in [5, 5.41) is 16.3. The minimum absolute atomic E-state index is 0.0149. The molecule has 0 bridgehead atoms. The normalized spacial score (nSPS) is 17.8. The van der Waals surface area contributed by atoms with E-state index in [1.807, 2.05) is 13.1 Å². The summed E-state index contributed by atoms with van der Waals surface area (Å²) in [5.41, 5.74) is 0.0149. The lowest BCUT2D eigenvalue weighted by Crippen LogP contribution is -2.35. The third-order valence-corrected chi connectivity index (χ3v) is 4.41. The fourth-order valence-corrected chi connectivity index (χ4v) is 2.91. The van der Waals surface area contributed by atoms with E-state index < -0.39 is 0 Å². The molecular formula is C16H28N4O. The number of hydrogen-bond donors (Lipinski definition) is 3. The topological polar surface area (TPSA) is 70.1 Å². The Morgan fingerprint density at radius 1 is 1.19 bits per heavy atom. The van der Waals surface area contributed by atoms with Crippen molar-refractivity contribution in [3.8, 4) is 0 Å². The Kier molecular flexibility index (Phi) is 5.39. The molecule has 0 amide bonds. The Bertz CT molecular complexity index is 456. The van der Waals surface area contributed by atoms with E-state index in [1.54, 1.807) is 0 Å². The van der Waals surface area contributed by atoms with Crippen LogP contribution in [0.2, 0.25) is 0 Å². The number of rotatable bonds is 6. The van der Waals surface area contributed by atoms with Crippen LogP contribution < -0.4 is 10.6 Å². The molecule has 2 rings (SSSR count). The molecule has 1 aromatic heterocycles. The number of nitrogens with zero attached hydrogens (tertiary/aromatic N) is 2. The lowest BCUT2D eigenvalue weighted by molar-refractivity contribution is 0.0943. The van der Waals surface area contributed by atoms with Crippen LogP contribution in [0.25, 0.3) is 0 Å². The third kappa shape index (κ3) is 4.06. The second-order valence-electron chi connectivity index (χ2n) is 6.47. The van der Waals surface area contributed by atoms with E-state index in [-0.39, 0.29) is 12.0 Å². The number of nitrogens with one attached hydrogen (secondary N) is 2. The minimum atomic E-state index is 0.0149. The van der Waals surface area contributed by atoms with E-state index in [2.05, 4.69) is 34.4 Å². The molecule has 1 heterocycles. The van der Waals surface area contributed by atoms with E-state index in [0.717, 1.165) is 36.8 Å². The van der Waals surface area contributed by atoms with Gasteiger partial charge >= 0.3 is 0 Å². The zero-order valence-electron chi connectivity index (χ0n) is 13.4. The summed E-state index contributed by atoms with van der Waals surface area (Å²) in [6.07, 6.45) is 5.90. The number of hydrogen-bond acceptors (Lipinski definition) is 5. The van der Waals surface area contributed by atoms with E-state index >= 15 is 0 Å². The van der Waals surface area contributed by atoms with E-state index in [0.29, 0.717) is 5.92 Å². The van der Waals surface area contributed by atoms with Crippen LogP contribution in [0.4, 0.5) is 11.6 Å². The Morgan fingerprint density at radius 2 is 1.86 bits per heavy atom. The molecule has 0 aromatic carbocycles. The van der Waals surface area contributed by atoms with Gasteiger partial charge in [-0.05, 0) is 12.8 Å². The van der Waals surface area contributed by atoms with Crippen LogP contribution in [0.1, 0.15) is 57.7 Å². The smallest absolute Gasteiger partial charge is 0.135 e. The molecule has 1 fully saturated rings. The third-order valence-electron chi connectivity index (χ3n) is 4.41.